The van der Waals surface area contributed by atoms with E-state index in [0.717, 1.165) is 28.4 Å². The molecule has 10 aromatic carbocycles. The van der Waals surface area contributed by atoms with Gasteiger partial charge in [-0.3, -0.25) is 0 Å². The second-order valence-electron chi connectivity index (χ2n) is 18.1. The number of benzene rings is 10. The van der Waals surface area contributed by atoms with Crippen LogP contribution in [-0.2, 0) is 5.41 Å². The molecule has 0 radical (unpaired) electrons. The minimum Gasteiger partial charge on any atom is -0.311 e. The van der Waals surface area contributed by atoms with Gasteiger partial charge in [-0.15, -0.1) is 11.3 Å². The van der Waals surface area contributed by atoms with Gasteiger partial charge in [-0.05, 0) is 116 Å². The van der Waals surface area contributed by atoms with Gasteiger partial charge in [0.25, 0.3) is 0 Å². The van der Waals surface area contributed by atoms with Gasteiger partial charge >= 0.3 is 0 Å². The molecular formula is C63H48N2SSi. The first-order valence-electron chi connectivity index (χ1n) is 23.2. The lowest BCUT2D eigenvalue weighted by Crippen LogP contribution is -2.75. The molecule has 0 fully saturated rings. The fourth-order valence-corrected chi connectivity index (χ4v) is 17.0. The van der Waals surface area contributed by atoms with Crippen LogP contribution in [0.1, 0.15) is 25.0 Å². The number of anilines is 6. The van der Waals surface area contributed by atoms with Gasteiger partial charge < -0.3 is 9.80 Å². The first-order chi connectivity index (χ1) is 33.0. The Morgan fingerprint density at radius 1 is 0.343 bits per heavy atom. The number of hydrogen-bond donors (Lipinski definition) is 0. The maximum Gasteiger partial charge on any atom is 0.181 e. The summed E-state index contributed by atoms with van der Waals surface area (Å²) in [6.45, 7) is 4.72. The third kappa shape index (κ3) is 6.75. The van der Waals surface area contributed by atoms with Crippen LogP contribution in [0.25, 0.3) is 31.3 Å². The summed E-state index contributed by atoms with van der Waals surface area (Å²) in [6, 6.07) is 95.0. The predicted octanol–water partition coefficient (Wildman–Crippen LogP) is 14.7. The zero-order valence-corrected chi connectivity index (χ0v) is 39.4. The number of thiophene rings is 1. The van der Waals surface area contributed by atoms with E-state index < -0.39 is 8.07 Å². The molecule has 0 spiro atoms. The van der Waals surface area contributed by atoms with Crippen LogP contribution in [-0.4, -0.2) is 8.07 Å². The Bertz CT molecular complexity index is 3530. The van der Waals surface area contributed by atoms with Gasteiger partial charge in [0.05, 0.1) is 0 Å². The number of rotatable bonds is 10. The van der Waals surface area contributed by atoms with Crippen LogP contribution in [0.5, 0.6) is 0 Å². The SMILES string of the molecule is CC1(C)c2ccccc2-c2cc(N(c3ccccc3)c3ccccc3[Si](c3ccccc3)(c3ccccc3)c3cccc(N(c4ccccc4)c4ccc5c(c4)sc4ccccc45)c3)ccc21. The largest absolute Gasteiger partial charge is 0.311 e. The highest BCUT2D eigenvalue weighted by Crippen LogP contribution is 2.50. The molecule has 0 aliphatic heterocycles. The number of fused-ring (bicyclic) bond motifs is 6. The van der Waals surface area contributed by atoms with Crippen molar-refractivity contribution in [2.24, 2.45) is 0 Å². The summed E-state index contributed by atoms with van der Waals surface area (Å²) in [6.07, 6.45) is 0. The molecular weight excluding hydrogens is 845 g/mol. The molecule has 0 bridgehead atoms. The molecule has 0 unspecified atom stereocenters. The monoisotopic (exact) mass is 892 g/mol. The van der Waals surface area contributed by atoms with Crippen molar-refractivity contribution in [3.8, 4) is 11.1 Å². The van der Waals surface area contributed by atoms with Crippen molar-refractivity contribution in [3.05, 3.63) is 266 Å². The van der Waals surface area contributed by atoms with Crippen molar-refractivity contribution in [1.82, 2.24) is 0 Å². The molecule has 11 aromatic rings. The van der Waals surface area contributed by atoms with E-state index in [2.05, 4.69) is 278 Å². The van der Waals surface area contributed by atoms with E-state index in [-0.39, 0.29) is 5.41 Å². The number of nitrogens with zero attached hydrogens (tertiary/aromatic N) is 2. The summed E-state index contributed by atoms with van der Waals surface area (Å²) in [5, 5.41) is 7.86. The maximum atomic E-state index is 2.51. The Morgan fingerprint density at radius 2 is 0.851 bits per heavy atom. The summed E-state index contributed by atoms with van der Waals surface area (Å²) in [4.78, 5) is 4.95. The molecule has 12 rings (SSSR count). The maximum absolute atomic E-state index is 3.19. The Kier molecular flexibility index (Phi) is 10.1. The molecule has 67 heavy (non-hydrogen) atoms. The molecule has 0 saturated heterocycles. The smallest absolute Gasteiger partial charge is 0.181 e. The van der Waals surface area contributed by atoms with Crippen molar-refractivity contribution in [2.75, 3.05) is 9.80 Å². The van der Waals surface area contributed by atoms with Crippen LogP contribution in [0.2, 0.25) is 0 Å². The summed E-state index contributed by atoms with van der Waals surface area (Å²) in [5.41, 5.74) is 12.0. The Morgan fingerprint density at radius 3 is 1.58 bits per heavy atom. The molecule has 1 aromatic heterocycles. The predicted molar refractivity (Wildman–Crippen MR) is 290 cm³/mol. The molecule has 2 nitrogen and oxygen atoms in total. The fourth-order valence-electron chi connectivity index (χ4n) is 10.9. The first-order valence-corrected chi connectivity index (χ1v) is 26.0. The van der Waals surface area contributed by atoms with Gasteiger partial charge in [0, 0.05) is 59.7 Å². The highest BCUT2D eigenvalue weighted by molar-refractivity contribution is 7.25. The lowest BCUT2D eigenvalue weighted by Gasteiger charge is -2.39. The van der Waals surface area contributed by atoms with Crippen molar-refractivity contribution >= 4 is 94.5 Å². The van der Waals surface area contributed by atoms with Crippen molar-refractivity contribution in [1.29, 1.82) is 0 Å². The summed E-state index contributed by atoms with van der Waals surface area (Å²) in [5.74, 6) is 0. The van der Waals surface area contributed by atoms with E-state index in [0.29, 0.717) is 0 Å². The third-order valence-electron chi connectivity index (χ3n) is 14.0. The normalized spacial score (nSPS) is 12.7. The Labute approximate surface area is 398 Å². The molecule has 4 heteroatoms. The highest BCUT2D eigenvalue weighted by atomic mass is 32.1. The number of para-hydroxylation sites is 3. The number of hydrogen-bond acceptors (Lipinski definition) is 3. The standard InChI is InChI=1S/C63H48N2SSi/c1-63(2)57-34-17-15-32-53(57)56-43-48(39-41-58(56)63)65(46-24-9-4-10-25-46)59-35-18-20-37-62(59)67(50-27-11-5-12-28-50,51-29-13-6-14-30-51)52-31-21-26-47(42-52)64(45-22-7-3-8-23-45)49-38-40-55-54-33-16-19-36-60(54)66-61(55)44-49/h3-44H,1-2H3. The highest BCUT2D eigenvalue weighted by Gasteiger charge is 2.44. The molecule has 0 amide bonds. The average molecular weight is 893 g/mol. The summed E-state index contributed by atoms with van der Waals surface area (Å²) in [7, 11) is -3.19. The third-order valence-corrected chi connectivity index (χ3v) is 19.9. The zero-order valence-electron chi connectivity index (χ0n) is 37.6. The van der Waals surface area contributed by atoms with Crippen LogP contribution in [0.3, 0.4) is 0 Å². The van der Waals surface area contributed by atoms with Gasteiger partial charge in [-0.1, -0.05) is 196 Å². The van der Waals surface area contributed by atoms with Crippen LogP contribution >= 0.6 is 11.3 Å². The van der Waals surface area contributed by atoms with E-state index in [1.165, 1.54) is 68.9 Å². The fraction of sp³-hybridized carbons (Fsp3) is 0.0476. The van der Waals surface area contributed by atoms with Crippen LogP contribution in [0, 0.1) is 0 Å². The Balaban J connectivity index is 1.12. The average Bonchev–Trinajstić information content (AvgIpc) is 3.87. The second kappa shape index (κ2) is 16.6. The summed E-state index contributed by atoms with van der Waals surface area (Å²) < 4.78 is 2.59. The van der Waals surface area contributed by atoms with E-state index >= 15 is 0 Å². The molecule has 320 valence electrons. The van der Waals surface area contributed by atoms with Gasteiger partial charge in [0.15, 0.2) is 8.07 Å². The van der Waals surface area contributed by atoms with Crippen molar-refractivity contribution in [3.63, 3.8) is 0 Å². The van der Waals surface area contributed by atoms with Gasteiger partial charge in [0.2, 0.25) is 0 Å². The minimum atomic E-state index is -3.19. The van der Waals surface area contributed by atoms with Crippen molar-refractivity contribution < 1.29 is 0 Å². The minimum absolute atomic E-state index is 0.0924. The van der Waals surface area contributed by atoms with Crippen molar-refractivity contribution in [2.45, 2.75) is 19.3 Å². The first kappa shape index (κ1) is 40.7. The molecule has 0 saturated carbocycles. The topological polar surface area (TPSA) is 6.48 Å². The molecule has 1 aliphatic carbocycles. The molecule has 1 heterocycles. The quantitative estimate of drug-likeness (QED) is 0.0997. The van der Waals surface area contributed by atoms with Gasteiger partial charge in [-0.2, -0.15) is 0 Å². The molecule has 1 aliphatic rings. The Hall–Kier alpha value is -7.76. The van der Waals surface area contributed by atoms with Crippen LogP contribution in [0.15, 0.2) is 255 Å². The van der Waals surface area contributed by atoms with Crippen LogP contribution < -0.4 is 30.5 Å². The van der Waals surface area contributed by atoms with E-state index in [1.807, 2.05) is 11.3 Å². The second-order valence-corrected chi connectivity index (χ2v) is 22.9. The van der Waals surface area contributed by atoms with E-state index in [4.69, 9.17) is 0 Å². The molecule has 0 atom stereocenters. The summed E-state index contributed by atoms with van der Waals surface area (Å²) >= 11 is 1.86. The molecule has 0 N–H and O–H groups in total. The van der Waals surface area contributed by atoms with E-state index in [1.54, 1.807) is 0 Å². The van der Waals surface area contributed by atoms with E-state index in [9.17, 15) is 0 Å². The lowest BCUT2D eigenvalue weighted by atomic mass is 9.82. The van der Waals surface area contributed by atoms with Gasteiger partial charge in [-0.25, -0.2) is 0 Å². The lowest BCUT2D eigenvalue weighted by molar-refractivity contribution is 0.660. The van der Waals surface area contributed by atoms with Gasteiger partial charge in [0.1, 0.15) is 0 Å². The van der Waals surface area contributed by atoms with Crippen LogP contribution in [0.4, 0.5) is 34.1 Å². The zero-order chi connectivity index (χ0) is 45.0.